The van der Waals surface area contributed by atoms with Crippen LogP contribution in [0.25, 0.3) is 0 Å². The van der Waals surface area contributed by atoms with Crippen LogP contribution >= 0.6 is 0 Å². The van der Waals surface area contributed by atoms with E-state index in [1.165, 1.54) is 0 Å². The Kier molecular flexibility index (Phi) is 8.76. The third kappa shape index (κ3) is 8.72. The van der Waals surface area contributed by atoms with Crippen LogP contribution < -0.4 is 0 Å². The Balaban J connectivity index is 3.59. The van der Waals surface area contributed by atoms with Gasteiger partial charge in [0.1, 0.15) is 0 Å². The first-order valence-corrected chi connectivity index (χ1v) is 4.69. The van der Waals surface area contributed by atoms with Gasteiger partial charge >= 0.3 is 6.92 Å². The van der Waals surface area contributed by atoms with E-state index in [2.05, 4.69) is 11.8 Å². The Morgan fingerprint density at radius 2 is 1.43 bits per heavy atom. The highest BCUT2D eigenvalue weighted by Crippen LogP contribution is 1.93. The van der Waals surface area contributed by atoms with Gasteiger partial charge < -0.3 is 5.02 Å². The number of hydrogen-bond donors (Lipinski definition) is 1. The number of hydrogen-bond acceptors (Lipinski definition) is 1. The summed E-state index contributed by atoms with van der Waals surface area (Å²) in [5.41, 5.74) is 0. The molecular formula is C12H15BO. The Bertz CT molecular complexity index is 237. The Labute approximate surface area is 87.0 Å². The van der Waals surface area contributed by atoms with Crippen LogP contribution in [0.3, 0.4) is 0 Å². The maximum Gasteiger partial charge on any atom is 0.343 e. The highest BCUT2D eigenvalue weighted by Gasteiger charge is 1.97. The van der Waals surface area contributed by atoms with Gasteiger partial charge in [0, 0.05) is 12.8 Å². The zero-order valence-electron chi connectivity index (χ0n) is 8.32. The standard InChI is InChI=1S/C12H15BO/c1-3-5-7-9-11-13(14)12-10-8-6-4-2/h1-2,9-12,14H,5-8H2/b11-9+,12-10+. The highest BCUT2D eigenvalue weighted by molar-refractivity contribution is 6.61. The fourth-order valence-electron chi connectivity index (χ4n) is 0.869. The van der Waals surface area contributed by atoms with Gasteiger partial charge in [0.15, 0.2) is 0 Å². The van der Waals surface area contributed by atoms with Gasteiger partial charge in [-0.25, -0.2) is 0 Å². The van der Waals surface area contributed by atoms with Gasteiger partial charge in [-0.1, -0.05) is 24.1 Å². The average molecular weight is 186 g/mol. The molecule has 1 nitrogen and oxygen atoms in total. The largest absolute Gasteiger partial charge is 0.443 e. The predicted octanol–water partition coefficient (Wildman–Crippen LogP) is 1.99. The Morgan fingerprint density at radius 3 is 1.79 bits per heavy atom. The van der Waals surface area contributed by atoms with Crippen molar-refractivity contribution in [1.29, 1.82) is 0 Å². The van der Waals surface area contributed by atoms with Gasteiger partial charge in [-0.15, -0.1) is 24.7 Å². The fourth-order valence-corrected chi connectivity index (χ4v) is 0.869. The van der Waals surface area contributed by atoms with Gasteiger partial charge in [-0.05, 0) is 12.8 Å². The summed E-state index contributed by atoms with van der Waals surface area (Å²) in [6.07, 6.45) is 17.0. The lowest BCUT2D eigenvalue weighted by atomic mass is 9.68. The zero-order valence-corrected chi connectivity index (χ0v) is 8.32. The molecule has 0 unspecified atom stereocenters. The van der Waals surface area contributed by atoms with Crippen molar-refractivity contribution in [3.05, 3.63) is 24.1 Å². The average Bonchev–Trinajstić information content (AvgIpc) is 2.19. The smallest absolute Gasteiger partial charge is 0.343 e. The molecule has 0 saturated heterocycles. The van der Waals surface area contributed by atoms with Crippen molar-refractivity contribution in [2.24, 2.45) is 0 Å². The van der Waals surface area contributed by atoms with Gasteiger partial charge in [-0.2, -0.15) is 0 Å². The van der Waals surface area contributed by atoms with E-state index in [1.54, 1.807) is 12.0 Å². The third-order valence-electron chi connectivity index (χ3n) is 1.58. The van der Waals surface area contributed by atoms with E-state index in [1.807, 2.05) is 12.2 Å². The molecular weight excluding hydrogens is 171 g/mol. The molecule has 0 aliphatic rings. The molecule has 0 atom stereocenters. The van der Waals surface area contributed by atoms with Crippen molar-refractivity contribution in [2.75, 3.05) is 0 Å². The minimum Gasteiger partial charge on any atom is -0.443 e. The van der Waals surface area contributed by atoms with Gasteiger partial charge in [-0.3, -0.25) is 0 Å². The summed E-state index contributed by atoms with van der Waals surface area (Å²) in [5.74, 6) is 8.51. The Morgan fingerprint density at radius 1 is 1.00 bits per heavy atom. The molecule has 0 spiro atoms. The number of terminal acetylenes is 2. The van der Waals surface area contributed by atoms with Crippen LogP contribution in [0.15, 0.2) is 24.1 Å². The molecule has 72 valence electrons. The summed E-state index contributed by atoms with van der Waals surface area (Å²) in [7, 11) is 0. The SMILES string of the molecule is C#CCC/C=C/B(O)/C=C/CCC#C. The molecule has 0 rings (SSSR count). The second kappa shape index (κ2) is 9.71. The first-order chi connectivity index (χ1) is 6.81. The third-order valence-corrected chi connectivity index (χ3v) is 1.58. The number of allylic oxidation sites excluding steroid dienone is 2. The van der Waals surface area contributed by atoms with E-state index in [-0.39, 0.29) is 0 Å². The molecule has 0 aromatic carbocycles. The quantitative estimate of drug-likeness (QED) is 0.382. The number of rotatable bonds is 6. The second-order valence-corrected chi connectivity index (χ2v) is 2.83. The van der Waals surface area contributed by atoms with Crippen molar-refractivity contribution in [3.63, 3.8) is 0 Å². The molecule has 0 saturated carbocycles. The van der Waals surface area contributed by atoms with Crippen molar-refractivity contribution in [3.8, 4) is 24.7 Å². The fraction of sp³-hybridized carbons (Fsp3) is 0.333. The van der Waals surface area contributed by atoms with Gasteiger partial charge in [0.2, 0.25) is 0 Å². The molecule has 1 N–H and O–H groups in total. The monoisotopic (exact) mass is 186 g/mol. The molecule has 2 heteroatoms. The topological polar surface area (TPSA) is 20.2 Å². The minimum absolute atomic E-state index is 0.523. The van der Waals surface area contributed by atoms with Gasteiger partial charge in [0.25, 0.3) is 0 Å². The lowest BCUT2D eigenvalue weighted by molar-refractivity contribution is 0.597. The van der Waals surface area contributed by atoms with Crippen LogP contribution in [0.4, 0.5) is 0 Å². The summed E-state index contributed by atoms with van der Waals surface area (Å²) < 4.78 is 0. The van der Waals surface area contributed by atoms with E-state index in [0.29, 0.717) is 12.8 Å². The van der Waals surface area contributed by atoms with Crippen LogP contribution in [0.1, 0.15) is 25.7 Å². The molecule has 0 amide bonds. The molecule has 0 fully saturated rings. The summed E-state index contributed by atoms with van der Waals surface area (Å²) in [6, 6.07) is 0. The first kappa shape index (κ1) is 12.6. The Hall–Kier alpha value is -1.38. The van der Waals surface area contributed by atoms with Gasteiger partial charge in [0.05, 0.1) is 0 Å². The highest BCUT2D eigenvalue weighted by atomic mass is 16.2. The predicted molar refractivity (Wildman–Crippen MR) is 62.4 cm³/mol. The van der Waals surface area contributed by atoms with Crippen molar-refractivity contribution >= 4 is 6.92 Å². The minimum atomic E-state index is -0.523. The molecule has 0 bridgehead atoms. The molecule has 0 heterocycles. The van der Waals surface area contributed by atoms with Crippen LogP contribution in [0.5, 0.6) is 0 Å². The second-order valence-electron chi connectivity index (χ2n) is 2.83. The van der Waals surface area contributed by atoms with Crippen LogP contribution in [-0.2, 0) is 0 Å². The summed E-state index contributed by atoms with van der Waals surface area (Å²) in [6.45, 7) is -0.523. The van der Waals surface area contributed by atoms with E-state index < -0.39 is 6.92 Å². The number of unbranched alkanes of at least 4 members (excludes halogenated alkanes) is 2. The molecule has 0 aromatic rings. The first-order valence-electron chi connectivity index (χ1n) is 4.69. The molecule has 14 heavy (non-hydrogen) atoms. The lowest BCUT2D eigenvalue weighted by Gasteiger charge is -1.91. The molecule has 0 aromatic heterocycles. The van der Waals surface area contributed by atoms with Crippen LogP contribution in [-0.4, -0.2) is 11.9 Å². The van der Waals surface area contributed by atoms with E-state index >= 15 is 0 Å². The van der Waals surface area contributed by atoms with Crippen LogP contribution in [0, 0.1) is 24.7 Å². The molecule has 0 aliphatic heterocycles. The normalized spacial score (nSPS) is 10.2. The maximum absolute atomic E-state index is 9.37. The molecule has 0 radical (unpaired) electrons. The molecule has 0 aliphatic carbocycles. The summed E-state index contributed by atoms with van der Waals surface area (Å²) in [5, 5.41) is 9.37. The van der Waals surface area contributed by atoms with Crippen molar-refractivity contribution in [1.82, 2.24) is 0 Å². The summed E-state index contributed by atoms with van der Waals surface area (Å²) in [4.78, 5) is 0. The van der Waals surface area contributed by atoms with Crippen molar-refractivity contribution in [2.45, 2.75) is 25.7 Å². The summed E-state index contributed by atoms with van der Waals surface area (Å²) >= 11 is 0. The van der Waals surface area contributed by atoms with E-state index in [4.69, 9.17) is 12.8 Å². The van der Waals surface area contributed by atoms with E-state index in [0.717, 1.165) is 12.8 Å². The van der Waals surface area contributed by atoms with Crippen molar-refractivity contribution < 1.29 is 5.02 Å². The zero-order chi connectivity index (χ0) is 10.6. The maximum atomic E-state index is 9.37. The lowest BCUT2D eigenvalue weighted by Crippen LogP contribution is -2.03. The van der Waals surface area contributed by atoms with E-state index in [9.17, 15) is 5.02 Å². The van der Waals surface area contributed by atoms with Crippen LogP contribution in [0.2, 0.25) is 0 Å².